The van der Waals surface area contributed by atoms with Gasteiger partial charge in [-0.25, -0.2) is 0 Å². The molecule has 4 aromatic rings. The molecule has 0 unspecified atom stereocenters. The van der Waals surface area contributed by atoms with E-state index >= 15 is 0 Å². The molecule has 0 N–H and O–H groups in total. The first-order valence-electron chi connectivity index (χ1n) is 11.1. The number of ether oxygens (including phenoxy) is 1. The van der Waals surface area contributed by atoms with Crippen molar-refractivity contribution in [2.45, 2.75) is 20.8 Å². The lowest BCUT2D eigenvalue weighted by Gasteiger charge is -2.25. The molecule has 2 heteroatoms. The van der Waals surface area contributed by atoms with E-state index in [1.165, 1.54) is 11.1 Å². The molecule has 0 aliphatic heterocycles. The normalized spacial score (nSPS) is 11.0. The van der Waals surface area contributed by atoms with Gasteiger partial charge in [-0.2, -0.15) is 0 Å². The number of aryl methyl sites for hydroxylation is 2. The van der Waals surface area contributed by atoms with E-state index in [-0.39, 0.29) is 0 Å². The maximum Gasteiger partial charge on any atom is 0.126 e. The van der Waals surface area contributed by atoms with Crippen LogP contribution in [-0.2, 0) is 0 Å². The number of hydrogen-bond acceptors (Lipinski definition) is 2. The van der Waals surface area contributed by atoms with Gasteiger partial charge in [-0.1, -0.05) is 77.9 Å². The van der Waals surface area contributed by atoms with Crippen molar-refractivity contribution < 1.29 is 4.74 Å². The van der Waals surface area contributed by atoms with Gasteiger partial charge in [-0.15, -0.1) is 0 Å². The summed E-state index contributed by atoms with van der Waals surface area (Å²) >= 11 is 0. The molecule has 0 bridgehead atoms. The van der Waals surface area contributed by atoms with Crippen LogP contribution >= 0.6 is 0 Å². The summed E-state index contributed by atoms with van der Waals surface area (Å²) in [6.45, 7) is 6.90. The largest absolute Gasteiger partial charge is 0.493 e. The second-order valence-electron chi connectivity index (χ2n) is 7.90. The SMILES string of the molecule is CCOc1ccccc1C=Cc1ccc(N(c2ccc(C)cc2)c2ccc(C)cc2)cc1. The summed E-state index contributed by atoms with van der Waals surface area (Å²) in [5.74, 6) is 0.910. The monoisotopic (exact) mass is 419 g/mol. The Kier molecular flexibility index (Phi) is 6.72. The maximum absolute atomic E-state index is 5.73. The highest BCUT2D eigenvalue weighted by atomic mass is 16.5. The second kappa shape index (κ2) is 10.0. The van der Waals surface area contributed by atoms with Crippen LogP contribution in [0.5, 0.6) is 5.75 Å². The van der Waals surface area contributed by atoms with E-state index in [4.69, 9.17) is 4.74 Å². The summed E-state index contributed by atoms with van der Waals surface area (Å²) in [6.07, 6.45) is 4.24. The Balaban J connectivity index is 1.64. The van der Waals surface area contributed by atoms with Crippen LogP contribution in [0.2, 0.25) is 0 Å². The first kappa shape index (κ1) is 21.5. The summed E-state index contributed by atoms with van der Waals surface area (Å²) in [7, 11) is 0. The minimum Gasteiger partial charge on any atom is -0.493 e. The molecule has 0 aromatic heterocycles. The predicted molar refractivity (Wildman–Crippen MR) is 137 cm³/mol. The lowest BCUT2D eigenvalue weighted by molar-refractivity contribution is 0.339. The van der Waals surface area contributed by atoms with Crippen LogP contribution in [0.1, 0.15) is 29.2 Å². The van der Waals surface area contributed by atoms with Crippen molar-refractivity contribution in [2.75, 3.05) is 11.5 Å². The molecule has 0 heterocycles. The molecule has 0 aliphatic carbocycles. The highest BCUT2D eigenvalue weighted by Crippen LogP contribution is 2.35. The Morgan fingerprint density at radius 3 is 1.66 bits per heavy atom. The zero-order valence-corrected chi connectivity index (χ0v) is 19.0. The fraction of sp³-hybridized carbons (Fsp3) is 0.133. The quantitative estimate of drug-likeness (QED) is 0.279. The number of hydrogen-bond donors (Lipinski definition) is 0. The van der Waals surface area contributed by atoms with Crippen LogP contribution in [-0.4, -0.2) is 6.61 Å². The van der Waals surface area contributed by atoms with E-state index in [1.54, 1.807) is 0 Å². The van der Waals surface area contributed by atoms with Gasteiger partial charge in [0.1, 0.15) is 5.75 Å². The van der Waals surface area contributed by atoms with Gasteiger partial charge in [0, 0.05) is 22.6 Å². The van der Waals surface area contributed by atoms with Crippen molar-refractivity contribution in [2.24, 2.45) is 0 Å². The van der Waals surface area contributed by atoms with E-state index in [2.05, 4.69) is 110 Å². The molecule has 0 amide bonds. The molecule has 0 saturated heterocycles. The summed E-state index contributed by atoms with van der Waals surface area (Å²) in [5.41, 5.74) is 8.16. The van der Waals surface area contributed by atoms with Gasteiger partial charge in [-0.3, -0.25) is 0 Å². The van der Waals surface area contributed by atoms with Gasteiger partial charge >= 0.3 is 0 Å². The van der Waals surface area contributed by atoms with Crippen LogP contribution in [0.3, 0.4) is 0 Å². The molecule has 4 rings (SSSR count). The first-order chi connectivity index (χ1) is 15.6. The molecular formula is C30H29NO. The molecule has 0 atom stereocenters. The number of anilines is 3. The molecular weight excluding hydrogens is 390 g/mol. The summed E-state index contributed by atoms with van der Waals surface area (Å²) in [4.78, 5) is 2.29. The van der Waals surface area contributed by atoms with Gasteiger partial charge < -0.3 is 9.64 Å². The topological polar surface area (TPSA) is 12.5 Å². The number of benzene rings is 4. The third-order valence-corrected chi connectivity index (χ3v) is 5.41. The van der Waals surface area contributed by atoms with Crippen molar-refractivity contribution >= 4 is 29.2 Å². The van der Waals surface area contributed by atoms with Crippen molar-refractivity contribution in [1.29, 1.82) is 0 Å². The smallest absolute Gasteiger partial charge is 0.126 e. The molecule has 32 heavy (non-hydrogen) atoms. The highest BCUT2D eigenvalue weighted by Gasteiger charge is 2.12. The molecule has 2 nitrogen and oxygen atoms in total. The molecule has 0 radical (unpaired) electrons. The molecule has 0 aliphatic rings. The van der Waals surface area contributed by atoms with Gasteiger partial charge in [-0.05, 0) is 68.8 Å². The highest BCUT2D eigenvalue weighted by molar-refractivity contribution is 5.78. The number of rotatable bonds is 7. The molecule has 0 spiro atoms. The third kappa shape index (κ3) is 5.09. The zero-order valence-electron chi connectivity index (χ0n) is 19.0. The Labute approximate surface area is 191 Å². The van der Waals surface area contributed by atoms with Gasteiger partial charge in [0.25, 0.3) is 0 Å². The zero-order chi connectivity index (χ0) is 22.3. The number of nitrogens with zero attached hydrogens (tertiary/aromatic N) is 1. The molecule has 0 saturated carbocycles. The predicted octanol–water partition coefficient (Wildman–Crippen LogP) is 8.34. The van der Waals surface area contributed by atoms with Crippen molar-refractivity contribution in [3.63, 3.8) is 0 Å². The summed E-state index contributed by atoms with van der Waals surface area (Å²) < 4.78 is 5.73. The average molecular weight is 420 g/mol. The lowest BCUT2D eigenvalue weighted by Crippen LogP contribution is -2.09. The summed E-state index contributed by atoms with van der Waals surface area (Å²) in [5, 5.41) is 0. The van der Waals surface area contributed by atoms with E-state index in [9.17, 15) is 0 Å². The van der Waals surface area contributed by atoms with Gasteiger partial charge in [0.15, 0.2) is 0 Å². The van der Waals surface area contributed by atoms with Crippen LogP contribution in [0.4, 0.5) is 17.1 Å². The van der Waals surface area contributed by atoms with E-state index in [0.717, 1.165) is 33.9 Å². The average Bonchev–Trinajstić information content (AvgIpc) is 2.82. The Morgan fingerprint density at radius 1 is 0.625 bits per heavy atom. The Bertz CT molecular complexity index is 1130. The second-order valence-corrected chi connectivity index (χ2v) is 7.90. The first-order valence-corrected chi connectivity index (χ1v) is 11.1. The third-order valence-electron chi connectivity index (χ3n) is 5.41. The van der Waals surface area contributed by atoms with E-state index in [0.29, 0.717) is 6.61 Å². The molecule has 4 aromatic carbocycles. The summed E-state index contributed by atoms with van der Waals surface area (Å²) in [6, 6.07) is 34.1. The van der Waals surface area contributed by atoms with Crippen LogP contribution in [0, 0.1) is 13.8 Å². The van der Waals surface area contributed by atoms with Crippen LogP contribution < -0.4 is 9.64 Å². The fourth-order valence-electron chi connectivity index (χ4n) is 3.66. The molecule has 0 fully saturated rings. The van der Waals surface area contributed by atoms with Crippen molar-refractivity contribution in [3.05, 3.63) is 119 Å². The van der Waals surface area contributed by atoms with Crippen molar-refractivity contribution in [3.8, 4) is 5.75 Å². The van der Waals surface area contributed by atoms with E-state index < -0.39 is 0 Å². The number of para-hydroxylation sites is 1. The molecule has 160 valence electrons. The fourth-order valence-corrected chi connectivity index (χ4v) is 3.66. The minimum atomic E-state index is 0.660. The van der Waals surface area contributed by atoms with Crippen LogP contribution in [0.15, 0.2) is 97.1 Å². The maximum atomic E-state index is 5.73. The van der Waals surface area contributed by atoms with Gasteiger partial charge in [0.05, 0.1) is 6.61 Å². The minimum absolute atomic E-state index is 0.660. The Hall–Kier alpha value is -3.78. The standard InChI is InChI=1S/C30H29NO/c1-4-32-30-8-6-5-7-26(30)16-13-25-14-21-29(22-15-25)31(27-17-9-23(2)10-18-27)28-19-11-24(3)12-20-28/h5-22H,4H2,1-3H3. The van der Waals surface area contributed by atoms with E-state index in [1.807, 2.05) is 25.1 Å². The Morgan fingerprint density at radius 2 is 1.12 bits per heavy atom. The van der Waals surface area contributed by atoms with Crippen LogP contribution in [0.25, 0.3) is 12.2 Å². The van der Waals surface area contributed by atoms with Crippen molar-refractivity contribution in [1.82, 2.24) is 0 Å². The lowest BCUT2D eigenvalue weighted by atomic mass is 10.1. The van der Waals surface area contributed by atoms with Gasteiger partial charge in [0.2, 0.25) is 0 Å².